The van der Waals surface area contributed by atoms with E-state index in [1.807, 2.05) is 0 Å². The average Bonchev–Trinajstić information content (AvgIpc) is 2.49. The molecular weight excluding hydrogens is 243 g/mol. The highest BCUT2D eigenvalue weighted by atomic mass is 19.4. The topological polar surface area (TPSA) is 29.1 Å². The normalized spacial score (nSPS) is 15.9. The standard InChI is InChI=1S/C13H14F3NO/c1-2-8-6-9-11(7-10(8)13(14,15)16)17-5-3-4-12(9)18/h6-7,17H,2-5H2,1H3. The van der Waals surface area contributed by atoms with E-state index in [-0.39, 0.29) is 17.8 Å². The van der Waals surface area contributed by atoms with Crippen molar-refractivity contribution in [2.24, 2.45) is 0 Å². The van der Waals surface area contributed by atoms with E-state index in [4.69, 9.17) is 0 Å². The van der Waals surface area contributed by atoms with E-state index in [9.17, 15) is 18.0 Å². The number of hydrogen-bond donors (Lipinski definition) is 1. The molecule has 0 unspecified atom stereocenters. The van der Waals surface area contributed by atoms with E-state index >= 15 is 0 Å². The van der Waals surface area contributed by atoms with Crippen LogP contribution in [-0.4, -0.2) is 12.3 Å². The van der Waals surface area contributed by atoms with Gasteiger partial charge in [0, 0.05) is 24.2 Å². The first-order valence-electron chi connectivity index (χ1n) is 5.94. The fourth-order valence-corrected chi connectivity index (χ4v) is 2.18. The summed E-state index contributed by atoms with van der Waals surface area (Å²) in [7, 11) is 0. The number of anilines is 1. The fraction of sp³-hybridized carbons (Fsp3) is 0.462. The van der Waals surface area contributed by atoms with Crippen molar-refractivity contribution in [2.75, 3.05) is 11.9 Å². The molecule has 0 atom stereocenters. The van der Waals surface area contributed by atoms with Gasteiger partial charge in [-0.25, -0.2) is 0 Å². The number of fused-ring (bicyclic) bond motifs is 1. The van der Waals surface area contributed by atoms with Crippen LogP contribution in [0.25, 0.3) is 0 Å². The van der Waals surface area contributed by atoms with E-state index in [0.29, 0.717) is 30.6 Å². The molecule has 0 radical (unpaired) electrons. The molecule has 1 aromatic carbocycles. The second-order valence-electron chi connectivity index (χ2n) is 4.36. The number of halogens is 3. The van der Waals surface area contributed by atoms with Crippen LogP contribution in [0.3, 0.4) is 0 Å². The summed E-state index contributed by atoms with van der Waals surface area (Å²) in [6.07, 6.45) is -3.09. The number of rotatable bonds is 1. The van der Waals surface area contributed by atoms with Gasteiger partial charge in [-0.3, -0.25) is 4.79 Å². The summed E-state index contributed by atoms with van der Waals surface area (Å²) in [5.41, 5.74) is 0.226. The van der Waals surface area contributed by atoms with Crippen LogP contribution in [0.1, 0.15) is 41.3 Å². The van der Waals surface area contributed by atoms with Crippen molar-refractivity contribution >= 4 is 11.5 Å². The van der Waals surface area contributed by atoms with Crippen molar-refractivity contribution in [1.29, 1.82) is 0 Å². The molecule has 0 saturated heterocycles. The van der Waals surface area contributed by atoms with Gasteiger partial charge in [0.1, 0.15) is 0 Å². The fourth-order valence-electron chi connectivity index (χ4n) is 2.18. The molecule has 0 saturated carbocycles. The van der Waals surface area contributed by atoms with Crippen molar-refractivity contribution < 1.29 is 18.0 Å². The maximum absolute atomic E-state index is 12.9. The Morgan fingerprint density at radius 2 is 2.06 bits per heavy atom. The lowest BCUT2D eigenvalue weighted by Crippen LogP contribution is -2.12. The minimum Gasteiger partial charge on any atom is -0.384 e. The van der Waals surface area contributed by atoms with Crippen LogP contribution < -0.4 is 5.32 Å². The first kappa shape index (κ1) is 12.9. The van der Waals surface area contributed by atoms with Crippen molar-refractivity contribution in [3.8, 4) is 0 Å². The maximum atomic E-state index is 12.9. The molecule has 98 valence electrons. The molecule has 0 amide bonds. The summed E-state index contributed by atoms with van der Waals surface area (Å²) in [6.45, 7) is 2.19. The molecule has 2 rings (SSSR count). The Balaban J connectivity index is 2.59. The first-order valence-corrected chi connectivity index (χ1v) is 5.94. The van der Waals surface area contributed by atoms with Crippen LogP contribution in [0.15, 0.2) is 12.1 Å². The molecule has 1 heterocycles. The maximum Gasteiger partial charge on any atom is 0.416 e. The van der Waals surface area contributed by atoms with Gasteiger partial charge in [-0.1, -0.05) is 6.92 Å². The predicted molar refractivity (Wildman–Crippen MR) is 62.9 cm³/mol. The number of alkyl halides is 3. The SMILES string of the molecule is CCc1cc2c(cc1C(F)(F)F)NCCCC2=O. The van der Waals surface area contributed by atoms with Gasteiger partial charge in [0.2, 0.25) is 0 Å². The quantitative estimate of drug-likeness (QED) is 0.831. The highest BCUT2D eigenvalue weighted by Crippen LogP contribution is 2.36. The van der Waals surface area contributed by atoms with Gasteiger partial charge in [-0.05, 0) is 30.5 Å². The van der Waals surface area contributed by atoms with E-state index in [0.717, 1.165) is 6.07 Å². The monoisotopic (exact) mass is 257 g/mol. The number of ketones is 1. The number of Topliss-reactive ketones (excluding diaryl/α,β-unsaturated/α-hetero) is 1. The minimum atomic E-state index is -4.38. The summed E-state index contributed by atoms with van der Waals surface area (Å²) in [5.74, 6) is -0.0848. The molecule has 1 aliphatic heterocycles. The van der Waals surface area contributed by atoms with Gasteiger partial charge in [0.25, 0.3) is 0 Å². The Hall–Kier alpha value is -1.52. The van der Waals surface area contributed by atoms with Crippen molar-refractivity contribution in [2.45, 2.75) is 32.4 Å². The molecule has 1 N–H and O–H groups in total. The average molecular weight is 257 g/mol. The highest BCUT2D eigenvalue weighted by molar-refractivity contribution is 6.02. The molecule has 18 heavy (non-hydrogen) atoms. The first-order chi connectivity index (χ1) is 8.43. The van der Waals surface area contributed by atoms with Crippen LogP contribution in [-0.2, 0) is 12.6 Å². The Labute approximate surface area is 103 Å². The number of carbonyl (C=O) groups is 1. The lowest BCUT2D eigenvalue weighted by atomic mass is 9.97. The van der Waals surface area contributed by atoms with Crippen LogP contribution >= 0.6 is 0 Å². The van der Waals surface area contributed by atoms with Crippen LogP contribution in [0.5, 0.6) is 0 Å². The van der Waals surface area contributed by atoms with E-state index in [1.54, 1.807) is 6.92 Å². The summed E-state index contributed by atoms with van der Waals surface area (Å²) in [6, 6.07) is 2.45. The molecular formula is C13H14F3NO. The zero-order chi connectivity index (χ0) is 13.3. The predicted octanol–water partition coefficient (Wildman–Crippen LogP) is 3.66. The molecule has 1 aromatic rings. The Kier molecular flexibility index (Phi) is 3.32. The van der Waals surface area contributed by atoms with Crippen molar-refractivity contribution in [3.05, 3.63) is 28.8 Å². The van der Waals surface area contributed by atoms with Crippen LogP contribution in [0.2, 0.25) is 0 Å². The van der Waals surface area contributed by atoms with Gasteiger partial charge < -0.3 is 5.32 Å². The zero-order valence-corrected chi connectivity index (χ0v) is 10.0. The summed E-state index contributed by atoms with van der Waals surface area (Å²) >= 11 is 0. The number of benzene rings is 1. The third-order valence-electron chi connectivity index (χ3n) is 3.13. The number of hydrogen-bond acceptors (Lipinski definition) is 2. The van der Waals surface area contributed by atoms with Gasteiger partial charge in [0.05, 0.1) is 5.56 Å². The highest BCUT2D eigenvalue weighted by Gasteiger charge is 2.34. The third kappa shape index (κ3) is 2.35. The second-order valence-corrected chi connectivity index (χ2v) is 4.36. The molecule has 5 heteroatoms. The molecule has 0 fully saturated rings. The Morgan fingerprint density at radius 1 is 1.33 bits per heavy atom. The number of aryl methyl sites for hydroxylation is 1. The zero-order valence-electron chi connectivity index (χ0n) is 10.0. The van der Waals surface area contributed by atoms with Crippen LogP contribution in [0, 0.1) is 0 Å². The largest absolute Gasteiger partial charge is 0.416 e. The van der Waals surface area contributed by atoms with Crippen molar-refractivity contribution in [1.82, 2.24) is 0 Å². The lowest BCUT2D eigenvalue weighted by molar-refractivity contribution is -0.138. The van der Waals surface area contributed by atoms with E-state index < -0.39 is 11.7 Å². The molecule has 0 spiro atoms. The van der Waals surface area contributed by atoms with Crippen molar-refractivity contribution in [3.63, 3.8) is 0 Å². The molecule has 0 aromatic heterocycles. The summed E-state index contributed by atoms with van der Waals surface area (Å²) < 4.78 is 38.7. The smallest absolute Gasteiger partial charge is 0.384 e. The summed E-state index contributed by atoms with van der Waals surface area (Å²) in [5, 5.41) is 2.90. The summed E-state index contributed by atoms with van der Waals surface area (Å²) in [4.78, 5) is 11.8. The van der Waals surface area contributed by atoms with E-state index in [1.165, 1.54) is 6.07 Å². The molecule has 2 nitrogen and oxygen atoms in total. The Morgan fingerprint density at radius 3 is 2.67 bits per heavy atom. The molecule has 0 aliphatic carbocycles. The number of nitrogens with one attached hydrogen (secondary N) is 1. The van der Waals surface area contributed by atoms with E-state index in [2.05, 4.69) is 5.32 Å². The molecule has 1 aliphatic rings. The second kappa shape index (κ2) is 4.63. The van der Waals surface area contributed by atoms with Gasteiger partial charge >= 0.3 is 6.18 Å². The van der Waals surface area contributed by atoms with Crippen LogP contribution in [0.4, 0.5) is 18.9 Å². The lowest BCUT2D eigenvalue weighted by Gasteiger charge is -2.16. The third-order valence-corrected chi connectivity index (χ3v) is 3.13. The Bertz CT molecular complexity index is 480. The molecule has 0 bridgehead atoms. The van der Waals surface area contributed by atoms with Gasteiger partial charge in [0.15, 0.2) is 5.78 Å². The van der Waals surface area contributed by atoms with Gasteiger partial charge in [-0.2, -0.15) is 13.2 Å². The number of carbonyl (C=O) groups excluding carboxylic acids is 1. The van der Waals surface area contributed by atoms with Gasteiger partial charge in [-0.15, -0.1) is 0 Å². The minimum absolute atomic E-state index is 0.0848.